The van der Waals surface area contributed by atoms with Gasteiger partial charge in [0, 0.05) is 66.1 Å². The monoisotopic (exact) mass is 907 g/mol. The number of benzene rings is 10. The fourth-order valence-corrected chi connectivity index (χ4v) is 11.1. The van der Waals surface area contributed by atoms with Crippen LogP contribution in [0.3, 0.4) is 0 Å². The molecule has 4 heterocycles. The highest BCUT2D eigenvalue weighted by Gasteiger charge is 2.19. The third-order valence-electron chi connectivity index (χ3n) is 14.4. The second-order valence-electron chi connectivity index (χ2n) is 18.8. The predicted octanol–water partition coefficient (Wildman–Crippen LogP) is 17.1. The fraction of sp³-hybridized carbons (Fsp3) is 0.0303. The van der Waals surface area contributed by atoms with E-state index in [4.69, 9.17) is 9.97 Å². The molecule has 334 valence electrons. The predicted molar refractivity (Wildman–Crippen MR) is 296 cm³/mol. The van der Waals surface area contributed by atoms with Crippen LogP contribution in [-0.4, -0.2) is 23.7 Å². The summed E-state index contributed by atoms with van der Waals surface area (Å²) in [6.45, 7) is 4.23. The van der Waals surface area contributed by atoms with E-state index in [2.05, 4.69) is 264 Å². The minimum atomic E-state index is 0.721. The van der Waals surface area contributed by atoms with Crippen LogP contribution < -0.4 is 0 Å². The molecule has 0 saturated carbocycles. The number of para-hydroxylation sites is 4. The van der Waals surface area contributed by atoms with E-state index in [0.717, 1.165) is 73.1 Å². The van der Waals surface area contributed by atoms with Crippen molar-refractivity contribution < 1.29 is 0 Å². The van der Waals surface area contributed by atoms with Gasteiger partial charge in [-0.15, -0.1) is 0 Å². The molecule has 0 aliphatic rings. The molecule has 0 N–H and O–H groups in total. The summed E-state index contributed by atoms with van der Waals surface area (Å²) in [7, 11) is 0. The largest absolute Gasteiger partial charge is 0.309 e. The van der Waals surface area contributed by atoms with E-state index in [-0.39, 0.29) is 0 Å². The highest BCUT2D eigenvalue weighted by molar-refractivity contribution is 6.14. The van der Waals surface area contributed by atoms with E-state index >= 15 is 0 Å². The Morgan fingerprint density at radius 2 is 0.620 bits per heavy atom. The van der Waals surface area contributed by atoms with Crippen LogP contribution in [-0.2, 0) is 0 Å². The Kier molecular flexibility index (Phi) is 9.26. The maximum atomic E-state index is 5.13. The number of aryl methyl sites for hydroxylation is 2. The molecule has 0 amide bonds. The molecule has 0 atom stereocenters. The molecule has 5 heteroatoms. The van der Waals surface area contributed by atoms with Crippen molar-refractivity contribution in [3.05, 3.63) is 248 Å². The Labute approximate surface area is 410 Å². The lowest BCUT2D eigenvalue weighted by molar-refractivity contribution is 1.16. The van der Waals surface area contributed by atoms with Crippen molar-refractivity contribution in [1.29, 1.82) is 0 Å². The first-order chi connectivity index (χ1) is 35.0. The van der Waals surface area contributed by atoms with Crippen molar-refractivity contribution in [1.82, 2.24) is 23.7 Å². The van der Waals surface area contributed by atoms with Crippen molar-refractivity contribution in [2.45, 2.75) is 13.8 Å². The van der Waals surface area contributed by atoms with Gasteiger partial charge in [-0.1, -0.05) is 157 Å². The first kappa shape index (κ1) is 40.7. The average molecular weight is 908 g/mol. The molecule has 0 fully saturated rings. The number of rotatable bonds is 7. The van der Waals surface area contributed by atoms with E-state index in [1.165, 1.54) is 65.5 Å². The van der Waals surface area contributed by atoms with Gasteiger partial charge in [0.15, 0.2) is 5.82 Å². The Bertz CT molecular complexity index is 4070. The molecular weight excluding hydrogens is 863 g/mol. The summed E-state index contributed by atoms with van der Waals surface area (Å²) in [6, 6.07) is 85.8. The molecule has 14 rings (SSSR count). The van der Waals surface area contributed by atoms with Crippen molar-refractivity contribution in [3.8, 4) is 62.1 Å². The van der Waals surface area contributed by atoms with E-state index in [1.807, 2.05) is 0 Å². The SMILES string of the molecule is Cc1cccc(-c2cc(-c3ccc(-c4ccc(-n5c6ccc(-n7c8ccccc8c8ccccc87)cc6c6cc(-n7c8ccccc8c8ccccc87)ccc65)cc4)cc3)nc(-c3cccc(C)c3)n2)c1. The van der Waals surface area contributed by atoms with Crippen LogP contribution in [0.4, 0.5) is 0 Å². The normalized spacial score (nSPS) is 11.8. The lowest BCUT2D eigenvalue weighted by Gasteiger charge is -2.12. The summed E-state index contributed by atoms with van der Waals surface area (Å²) >= 11 is 0. The van der Waals surface area contributed by atoms with Gasteiger partial charge in [0.05, 0.1) is 44.5 Å². The molecule has 5 nitrogen and oxygen atoms in total. The fourth-order valence-electron chi connectivity index (χ4n) is 11.1. The maximum Gasteiger partial charge on any atom is 0.160 e. The second kappa shape index (κ2) is 16.2. The minimum absolute atomic E-state index is 0.721. The van der Waals surface area contributed by atoms with Gasteiger partial charge in [0.2, 0.25) is 0 Å². The highest BCUT2D eigenvalue weighted by atomic mass is 15.0. The zero-order valence-corrected chi connectivity index (χ0v) is 39.3. The molecule has 0 unspecified atom stereocenters. The second-order valence-corrected chi connectivity index (χ2v) is 18.8. The Balaban J connectivity index is 0.886. The lowest BCUT2D eigenvalue weighted by Crippen LogP contribution is -1.97. The van der Waals surface area contributed by atoms with Crippen LogP contribution in [0.1, 0.15) is 11.1 Å². The van der Waals surface area contributed by atoms with Crippen LogP contribution in [0.5, 0.6) is 0 Å². The lowest BCUT2D eigenvalue weighted by atomic mass is 10.0. The van der Waals surface area contributed by atoms with Gasteiger partial charge >= 0.3 is 0 Å². The Hall–Kier alpha value is -9.32. The summed E-state index contributed by atoms with van der Waals surface area (Å²) < 4.78 is 7.26. The van der Waals surface area contributed by atoms with Gasteiger partial charge in [-0.25, -0.2) is 9.97 Å². The van der Waals surface area contributed by atoms with Crippen LogP contribution in [0, 0.1) is 13.8 Å². The van der Waals surface area contributed by atoms with Gasteiger partial charge in [-0.05, 0) is 116 Å². The van der Waals surface area contributed by atoms with Gasteiger partial charge < -0.3 is 13.7 Å². The first-order valence-corrected chi connectivity index (χ1v) is 24.3. The first-order valence-electron chi connectivity index (χ1n) is 24.3. The Morgan fingerprint density at radius 1 is 0.254 bits per heavy atom. The third kappa shape index (κ3) is 6.69. The van der Waals surface area contributed by atoms with Gasteiger partial charge in [-0.2, -0.15) is 0 Å². The van der Waals surface area contributed by atoms with Crippen molar-refractivity contribution in [2.75, 3.05) is 0 Å². The van der Waals surface area contributed by atoms with Crippen LogP contribution in [0.2, 0.25) is 0 Å². The minimum Gasteiger partial charge on any atom is -0.309 e. The molecule has 14 aromatic rings. The topological polar surface area (TPSA) is 40.6 Å². The third-order valence-corrected chi connectivity index (χ3v) is 14.4. The number of hydrogen-bond acceptors (Lipinski definition) is 2. The zero-order valence-electron chi connectivity index (χ0n) is 39.3. The molecule has 0 saturated heterocycles. The van der Waals surface area contributed by atoms with Crippen LogP contribution >= 0.6 is 0 Å². The summed E-state index contributed by atoms with van der Waals surface area (Å²) in [5.41, 5.74) is 20.1. The highest BCUT2D eigenvalue weighted by Crippen LogP contribution is 2.40. The number of aromatic nitrogens is 5. The van der Waals surface area contributed by atoms with E-state index in [1.54, 1.807) is 0 Å². The standard InChI is InChI=1S/C66H45N5/c1-42-13-11-15-47(37-42)59-41-58(67-66(68-59)48-16-12-14-43(2)38-48)46-27-25-44(26-28-46)45-29-31-49(32-30-45)69-64-35-33-50(70-60-21-7-3-17-52(60)53-18-4-8-22-61(53)70)39-56(64)57-40-51(34-36-65(57)69)71-62-23-9-5-19-54(62)55-20-6-10-24-63(55)71/h3-41H,1-2H3. The number of nitrogens with zero attached hydrogens (tertiary/aromatic N) is 5. The molecule has 0 radical (unpaired) electrons. The molecule has 0 aliphatic heterocycles. The maximum absolute atomic E-state index is 5.13. The summed E-state index contributed by atoms with van der Waals surface area (Å²) in [5.74, 6) is 0.721. The van der Waals surface area contributed by atoms with Crippen LogP contribution in [0.25, 0.3) is 128 Å². The summed E-state index contributed by atoms with van der Waals surface area (Å²) in [5, 5.41) is 7.40. The number of hydrogen-bond donors (Lipinski definition) is 0. The molecule has 71 heavy (non-hydrogen) atoms. The summed E-state index contributed by atoms with van der Waals surface area (Å²) in [6.07, 6.45) is 0. The van der Waals surface area contributed by atoms with E-state index < -0.39 is 0 Å². The zero-order chi connectivity index (χ0) is 47.2. The molecule has 10 aromatic carbocycles. The average Bonchev–Trinajstić information content (AvgIpc) is 4.06. The number of fused-ring (bicyclic) bond motifs is 9. The van der Waals surface area contributed by atoms with Gasteiger partial charge in [-0.3, -0.25) is 0 Å². The smallest absolute Gasteiger partial charge is 0.160 e. The quantitative estimate of drug-likeness (QED) is 0.160. The van der Waals surface area contributed by atoms with Crippen LogP contribution in [0.15, 0.2) is 237 Å². The Morgan fingerprint density at radius 3 is 1.10 bits per heavy atom. The molecule has 0 aliphatic carbocycles. The van der Waals surface area contributed by atoms with Crippen molar-refractivity contribution >= 4 is 65.4 Å². The van der Waals surface area contributed by atoms with Gasteiger partial charge in [0.25, 0.3) is 0 Å². The molecule has 0 bridgehead atoms. The van der Waals surface area contributed by atoms with E-state index in [9.17, 15) is 0 Å². The van der Waals surface area contributed by atoms with Crippen molar-refractivity contribution in [3.63, 3.8) is 0 Å². The molecular formula is C66H45N5. The van der Waals surface area contributed by atoms with E-state index in [0.29, 0.717) is 0 Å². The molecule has 0 spiro atoms. The molecule has 4 aromatic heterocycles. The summed E-state index contributed by atoms with van der Waals surface area (Å²) in [4.78, 5) is 10.2. The van der Waals surface area contributed by atoms with Crippen molar-refractivity contribution in [2.24, 2.45) is 0 Å². The van der Waals surface area contributed by atoms with Gasteiger partial charge in [0.1, 0.15) is 0 Å².